The van der Waals surface area contributed by atoms with Gasteiger partial charge in [0.05, 0.1) is 6.21 Å². The maximum atomic E-state index is 11.8. The van der Waals surface area contributed by atoms with Crippen molar-refractivity contribution < 1.29 is 19.1 Å². The zero-order valence-corrected chi connectivity index (χ0v) is 13.7. The van der Waals surface area contributed by atoms with Crippen LogP contribution in [-0.2, 0) is 16.1 Å². The van der Waals surface area contributed by atoms with E-state index in [4.69, 9.17) is 21.1 Å². The summed E-state index contributed by atoms with van der Waals surface area (Å²) < 4.78 is 10.5. The van der Waals surface area contributed by atoms with Crippen LogP contribution in [0.15, 0.2) is 47.6 Å². The highest BCUT2D eigenvalue weighted by Crippen LogP contribution is 2.32. The van der Waals surface area contributed by atoms with E-state index < -0.39 is 11.8 Å². The van der Waals surface area contributed by atoms with Gasteiger partial charge in [0.2, 0.25) is 6.79 Å². The van der Waals surface area contributed by atoms with Gasteiger partial charge < -0.3 is 14.8 Å². The number of amides is 2. The number of benzene rings is 2. The molecule has 1 aliphatic rings. The molecule has 2 aromatic rings. The number of hydrogen-bond donors (Lipinski definition) is 2. The second-order valence-corrected chi connectivity index (χ2v) is 5.50. The molecular weight excluding hydrogens is 346 g/mol. The van der Waals surface area contributed by atoms with Crippen molar-refractivity contribution in [2.45, 2.75) is 6.54 Å². The molecule has 8 heteroatoms. The van der Waals surface area contributed by atoms with Gasteiger partial charge in [-0.25, -0.2) is 5.43 Å². The second kappa shape index (κ2) is 7.67. The van der Waals surface area contributed by atoms with Crippen LogP contribution in [0.1, 0.15) is 11.1 Å². The third kappa shape index (κ3) is 4.27. The molecule has 3 rings (SSSR count). The molecule has 1 aliphatic heterocycles. The summed E-state index contributed by atoms with van der Waals surface area (Å²) in [5, 5.41) is 6.72. The van der Waals surface area contributed by atoms with Gasteiger partial charge in [0.25, 0.3) is 0 Å². The van der Waals surface area contributed by atoms with E-state index in [2.05, 4.69) is 15.8 Å². The quantitative estimate of drug-likeness (QED) is 0.495. The average molecular weight is 360 g/mol. The lowest BCUT2D eigenvalue weighted by Gasteiger charge is -2.05. The molecule has 0 bridgehead atoms. The van der Waals surface area contributed by atoms with Crippen molar-refractivity contribution >= 4 is 29.6 Å². The third-order valence-electron chi connectivity index (χ3n) is 3.37. The molecule has 25 heavy (non-hydrogen) atoms. The fraction of sp³-hybridized carbons (Fsp3) is 0.118. The number of nitrogens with one attached hydrogen (secondary N) is 2. The number of ether oxygens (including phenoxy) is 2. The van der Waals surface area contributed by atoms with Gasteiger partial charge >= 0.3 is 11.8 Å². The van der Waals surface area contributed by atoms with Crippen LogP contribution in [0.2, 0.25) is 5.02 Å². The summed E-state index contributed by atoms with van der Waals surface area (Å²) in [5.41, 5.74) is 3.56. The minimum absolute atomic E-state index is 0.178. The predicted octanol–water partition coefficient (Wildman–Crippen LogP) is 1.84. The Hall–Kier alpha value is -3.06. The molecule has 0 atom stereocenters. The Kier molecular flexibility index (Phi) is 5.15. The minimum Gasteiger partial charge on any atom is -0.454 e. The first-order valence-electron chi connectivity index (χ1n) is 7.38. The van der Waals surface area contributed by atoms with E-state index in [1.165, 1.54) is 6.21 Å². The summed E-state index contributed by atoms with van der Waals surface area (Å²) >= 11 is 5.96. The lowest BCUT2D eigenvalue weighted by atomic mass is 10.2. The first-order valence-corrected chi connectivity index (χ1v) is 7.75. The van der Waals surface area contributed by atoms with Crippen molar-refractivity contribution in [3.05, 3.63) is 58.6 Å². The van der Waals surface area contributed by atoms with E-state index in [0.29, 0.717) is 22.1 Å². The summed E-state index contributed by atoms with van der Waals surface area (Å²) in [5.74, 6) is -0.403. The fourth-order valence-corrected chi connectivity index (χ4v) is 2.29. The van der Waals surface area contributed by atoms with Crippen LogP contribution in [0.25, 0.3) is 0 Å². The highest BCUT2D eigenvalue weighted by Gasteiger charge is 2.15. The zero-order chi connectivity index (χ0) is 17.6. The number of hydrogen-bond acceptors (Lipinski definition) is 5. The van der Waals surface area contributed by atoms with Crippen LogP contribution in [0.3, 0.4) is 0 Å². The van der Waals surface area contributed by atoms with Crippen molar-refractivity contribution in [1.29, 1.82) is 0 Å². The maximum Gasteiger partial charge on any atom is 0.329 e. The van der Waals surface area contributed by atoms with Gasteiger partial charge in [-0.1, -0.05) is 35.9 Å². The van der Waals surface area contributed by atoms with Crippen LogP contribution < -0.4 is 20.2 Å². The normalized spacial score (nSPS) is 12.2. The summed E-state index contributed by atoms with van der Waals surface area (Å²) in [7, 11) is 0. The van der Waals surface area contributed by atoms with E-state index in [-0.39, 0.29) is 13.3 Å². The van der Waals surface area contributed by atoms with E-state index >= 15 is 0 Å². The first-order chi connectivity index (χ1) is 12.1. The zero-order valence-electron chi connectivity index (χ0n) is 13.0. The Morgan fingerprint density at radius 2 is 1.92 bits per heavy atom. The van der Waals surface area contributed by atoms with E-state index in [1.807, 2.05) is 0 Å². The van der Waals surface area contributed by atoms with E-state index in [9.17, 15) is 9.59 Å². The molecular formula is C17H14ClN3O4. The monoisotopic (exact) mass is 359 g/mol. The van der Waals surface area contributed by atoms with Crippen LogP contribution in [0, 0.1) is 0 Å². The molecule has 0 saturated carbocycles. The molecule has 0 unspecified atom stereocenters. The molecule has 2 aromatic carbocycles. The minimum atomic E-state index is -0.871. The highest BCUT2D eigenvalue weighted by molar-refractivity contribution is 6.35. The standard InChI is InChI=1S/C17H14ClN3O4/c18-13-4-2-1-3-12(13)9-20-21-17(23)16(22)19-8-11-5-6-14-15(7-11)25-10-24-14/h1-7,9H,8,10H2,(H,19,22)(H,21,23)/b20-9-. The molecule has 128 valence electrons. The lowest BCUT2D eigenvalue weighted by molar-refractivity contribution is -0.139. The molecule has 0 fully saturated rings. The number of hydrazone groups is 1. The van der Waals surface area contributed by atoms with Gasteiger partial charge in [-0.15, -0.1) is 0 Å². The van der Waals surface area contributed by atoms with Gasteiger partial charge in [0.1, 0.15) is 0 Å². The van der Waals surface area contributed by atoms with Crippen molar-refractivity contribution in [2.75, 3.05) is 6.79 Å². The number of fused-ring (bicyclic) bond motifs is 1. The molecule has 2 N–H and O–H groups in total. The predicted molar refractivity (Wildman–Crippen MR) is 91.6 cm³/mol. The number of carbonyl (C=O) groups excluding carboxylic acids is 2. The SMILES string of the molecule is O=C(NCc1ccc2c(c1)OCO2)C(=O)N/N=C\c1ccccc1Cl. The van der Waals surface area contributed by atoms with Gasteiger partial charge in [-0.3, -0.25) is 9.59 Å². The van der Waals surface area contributed by atoms with E-state index in [1.54, 1.807) is 42.5 Å². The Morgan fingerprint density at radius 3 is 2.76 bits per heavy atom. The number of carbonyl (C=O) groups is 2. The molecule has 0 saturated heterocycles. The molecule has 0 aromatic heterocycles. The molecule has 1 heterocycles. The molecule has 7 nitrogen and oxygen atoms in total. The largest absolute Gasteiger partial charge is 0.454 e. The van der Waals surface area contributed by atoms with Crippen LogP contribution in [0.4, 0.5) is 0 Å². The Morgan fingerprint density at radius 1 is 1.12 bits per heavy atom. The lowest BCUT2D eigenvalue weighted by Crippen LogP contribution is -2.37. The van der Waals surface area contributed by atoms with Crippen molar-refractivity contribution in [3.63, 3.8) is 0 Å². The van der Waals surface area contributed by atoms with Crippen LogP contribution in [-0.4, -0.2) is 24.8 Å². The fourth-order valence-electron chi connectivity index (χ4n) is 2.10. The number of rotatable bonds is 4. The van der Waals surface area contributed by atoms with Gasteiger partial charge in [-0.05, 0) is 23.8 Å². The highest BCUT2D eigenvalue weighted by atomic mass is 35.5. The Labute approximate surface area is 148 Å². The molecule has 0 aliphatic carbocycles. The summed E-state index contributed by atoms with van der Waals surface area (Å²) in [6.07, 6.45) is 1.37. The number of halogens is 1. The summed E-state index contributed by atoms with van der Waals surface area (Å²) in [6, 6.07) is 12.3. The van der Waals surface area contributed by atoms with Crippen LogP contribution in [0.5, 0.6) is 11.5 Å². The molecule has 0 radical (unpaired) electrons. The van der Waals surface area contributed by atoms with Crippen molar-refractivity contribution in [2.24, 2.45) is 5.10 Å². The van der Waals surface area contributed by atoms with Gasteiger partial charge in [0, 0.05) is 17.1 Å². The topological polar surface area (TPSA) is 89.0 Å². The first kappa shape index (κ1) is 16.8. The summed E-state index contributed by atoms with van der Waals surface area (Å²) in [6.45, 7) is 0.355. The summed E-state index contributed by atoms with van der Waals surface area (Å²) in [4.78, 5) is 23.5. The van der Waals surface area contributed by atoms with E-state index in [0.717, 1.165) is 5.56 Å². The number of nitrogens with zero attached hydrogens (tertiary/aromatic N) is 1. The van der Waals surface area contributed by atoms with Crippen LogP contribution >= 0.6 is 11.6 Å². The molecule has 2 amide bonds. The smallest absolute Gasteiger partial charge is 0.329 e. The molecule has 0 spiro atoms. The van der Waals surface area contributed by atoms with Crippen molar-refractivity contribution in [1.82, 2.24) is 10.7 Å². The van der Waals surface area contributed by atoms with Crippen molar-refractivity contribution in [3.8, 4) is 11.5 Å². The Bertz CT molecular complexity index is 838. The average Bonchev–Trinajstić information content (AvgIpc) is 3.09. The third-order valence-corrected chi connectivity index (χ3v) is 3.72. The Balaban J connectivity index is 1.49. The van der Waals surface area contributed by atoms with Gasteiger partial charge in [0.15, 0.2) is 11.5 Å². The maximum absolute atomic E-state index is 11.8. The second-order valence-electron chi connectivity index (χ2n) is 5.09. The van der Waals surface area contributed by atoms with Gasteiger partial charge in [-0.2, -0.15) is 5.10 Å².